The second-order valence-electron chi connectivity index (χ2n) is 5.32. The number of carboxylic acids is 1. The number of hydrogen-bond donors (Lipinski definition) is 3. The van der Waals surface area contributed by atoms with E-state index >= 15 is 0 Å². The van der Waals surface area contributed by atoms with E-state index in [2.05, 4.69) is 10.2 Å². The number of carboxylic acid groups (broad SMARTS) is 1. The van der Waals surface area contributed by atoms with Crippen LogP contribution in [0.2, 0.25) is 0 Å². The first-order valence-electron chi connectivity index (χ1n) is 7.24. The lowest BCUT2D eigenvalue weighted by molar-refractivity contribution is 0.0697. The summed E-state index contributed by atoms with van der Waals surface area (Å²) in [6.45, 7) is 0. The van der Waals surface area contributed by atoms with E-state index in [0.29, 0.717) is 10.8 Å². The van der Waals surface area contributed by atoms with Gasteiger partial charge in [-0.15, -0.1) is 10.2 Å². The van der Waals surface area contributed by atoms with Crippen LogP contribution in [0.25, 0.3) is 10.8 Å². The molecule has 0 saturated heterocycles. The summed E-state index contributed by atoms with van der Waals surface area (Å²) in [5, 5.41) is 27.8. The second-order valence-corrected chi connectivity index (χ2v) is 6.71. The fourth-order valence-electron chi connectivity index (χ4n) is 2.40. The summed E-state index contributed by atoms with van der Waals surface area (Å²) < 4.78 is 32.0. The van der Waals surface area contributed by atoms with Crippen molar-refractivity contribution in [3.63, 3.8) is 0 Å². The van der Waals surface area contributed by atoms with Crippen LogP contribution in [-0.4, -0.2) is 29.2 Å². The molecule has 0 bridgehead atoms. The molecule has 0 aromatic heterocycles. The molecule has 0 amide bonds. The lowest BCUT2D eigenvalue weighted by atomic mass is 10.1. The number of fused-ring (bicyclic) bond motifs is 1. The first-order chi connectivity index (χ1) is 12.3. The van der Waals surface area contributed by atoms with Crippen molar-refractivity contribution in [2.75, 3.05) is 0 Å². The summed E-state index contributed by atoms with van der Waals surface area (Å²) in [5.41, 5.74) is 0.0148. The Labute approximate surface area is 147 Å². The molecule has 0 radical (unpaired) electrons. The molecule has 9 heteroatoms. The van der Waals surface area contributed by atoms with Gasteiger partial charge in [-0.25, -0.2) is 4.79 Å². The van der Waals surface area contributed by atoms with E-state index in [1.54, 1.807) is 0 Å². The molecule has 3 aromatic rings. The van der Waals surface area contributed by atoms with Gasteiger partial charge in [-0.3, -0.25) is 4.55 Å². The van der Waals surface area contributed by atoms with Gasteiger partial charge >= 0.3 is 5.97 Å². The van der Waals surface area contributed by atoms with E-state index in [1.807, 2.05) is 0 Å². The summed E-state index contributed by atoms with van der Waals surface area (Å²) in [6.07, 6.45) is 0. The van der Waals surface area contributed by atoms with Gasteiger partial charge in [0.15, 0.2) is 0 Å². The van der Waals surface area contributed by atoms with Crippen LogP contribution >= 0.6 is 0 Å². The number of phenols is 1. The standard InChI is InChI=1S/C17H12N2O6S/c20-14-8-6-10-9-11(17(21)22)5-7-12(10)16(14)19-18-13-3-1-2-4-15(13)26(23,24)25/h1-9,20H,(H,21,22)(H,23,24,25). The van der Waals surface area contributed by atoms with Gasteiger partial charge < -0.3 is 10.2 Å². The number of carbonyl (C=O) groups is 1. The molecule has 26 heavy (non-hydrogen) atoms. The Hall–Kier alpha value is -3.30. The highest BCUT2D eigenvalue weighted by Gasteiger charge is 2.15. The predicted molar refractivity (Wildman–Crippen MR) is 93.0 cm³/mol. The van der Waals surface area contributed by atoms with Crippen molar-refractivity contribution in [2.24, 2.45) is 10.2 Å². The molecular formula is C17H12N2O6S. The Bertz CT molecular complexity index is 1160. The van der Waals surface area contributed by atoms with Crippen molar-refractivity contribution in [3.8, 4) is 5.75 Å². The lowest BCUT2D eigenvalue weighted by Crippen LogP contribution is -1.97. The largest absolute Gasteiger partial charge is 0.506 e. The molecular weight excluding hydrogens is 360 g/mol. The molecule has 0 saturated carbocycles. The highest BCUT2D eigenvalue weighted by molar-refractivity contribution is 7.86. The van der Waals surface area contributed by atoms with Crippen molar-refractivity contribution in [1.29, 1.82) is 0 Å². The monoisotopic (exact) mass is 372 g/mol. The average Bonchev–Trinajstić information content (AvgIpc) is 2.60. The van der Waals surface area contributed by atoms with Gasteiger partial charge in [0, 0.05) is 5.39 Å². The quantitative estimate of drug-likeness (QED) is 0.469. The van der Waals surface area contributed by atoms with Gasteiger partial charge in [-0.2, -0.15) is 8.42 Å². The van der Waals surface area contributed by atoms with E-state index in [-0.39, 0.29) is 22.7 Å². The Balaban J connectivity index is 2.14. The van der Waals surface area contributed by atoms with Crippen LogP contribution in [0.4, 0.5) is 11.4 Å². The smallest absolute Gasteiger partial charge is 0.335 e. The minimum absolute atomic E-state index is 0.0459. The predicted octanol–water partition coefficient (Wildman–Crippen LogP) is 3.91. The molecule has 0 spiro atoms. The summed E-state index contributed by atoms with van der Waals surface area (Å²) >= 11 is 0. The molecule has 0 aliphatic heterocycles. The number of aromatic carboxylic acids is 1. The highest BCUT2D eigenvalue weighted by Crippen LogP contribution is 2.37. The number of nitrogens with zero attached hydrogens (tertiary/aromatic N) is 2. The zero-order valence-corrected chi connectivity index (χ0v) is 13.9. The first-order valence-corrected chi connectivity index (χ1v) is 8.68. The molecule has 8 nitrogen and oxygen atoms in total. The molecule has 3 aromatic carbocycles. The van der Waals surface area contributed by atoms with Crippen molar-refractivity contribution in [3.05, 3.63) is 60.2 Å². The maximum atomic E-state index is 11.4. The van der Waals surface area contributed by atoms with Crippen LogP contribution in [0.5, 0.6) is 5.75 Å². The van der Waals surface area contributed by atoms with E-state index in [1.165, 1.54) is 54.6 Å². The molecule has 0 aliphatic carbocycles. The summed E-state index contributed by atoms with van der Waals surface area (Å²) in [4.78, 5) is 10.6. The van der Waals surface area contributed by atoms with Crippen molar-refractivity contribution >= 4 is 38.2 Å². The Morgan fingerprint density at radius 3 is 2.38 bits per heavy atom. The minimum Gasteiger partial charge on any atom is -0.506 e. The van der Waals surface area contributed by atoms with Crippen LogP contribution in [0, 0.1) is 0 Å². The summed E-state index contributed by atoms with van der Waals surface area (Å²) in [7, 11) is -4.49. The van der Waals surface area contributed by atoms with Gasteiger partial charge in [0.05, 0.1) is 5.56 Å². The molecule has 132 valence electrons. The maximum absolute atomic E-state index is 11.4. The third-order valence-electron chi connectivity index (χ3n) is 3.62. The van der Waals surface area contributed by atoms with Gasteiger partial charge in [0.1, 0.15) is 22.0 Å². The zero-order valence-electron chi connectivity index (χ0n) is 13.1. The van der Waals surface area contributed by atoms with Crippen molar-refractivity contribution < 1.29 is 28.0 Å². The van der Waals surface area contributed by atoms with Crippen molar-refractivity contribution in [1.82, 2.24) is 0 Å². The highest BCUT2D eigenvalue weighted by atomic mass is 32.2. The third-order valence-corrected chi connectivity index (χ3v) is 4.52. The van der Waals surface area contributed by atoms with E-state index in [0.717, 1.165) is 0 Å². The summed E-state index contributed by atoms with van der Waals surface area (Å²) in [6, 6.07) is 12.6. The number of aromatic hydroxyl groups is 1. The van der Waals surface area contributed by atoms with Crippen LogP contribution in [0.15, 0.2) is 69.7 Å². The van der Waals surface area contributed by atoms with E-state index in [4.69, 9.17) is 5.11 Å². The third kappa shape index (κ3) is 3.39. The molecule has 0 aliphatic rings. The lowest BCUT2D eigenvalue weighted by Gasteiger charge is -2.06. The number of azo groups is 1. The number of hydrogen-bond acceptors (Lipinski definition) is 6. The zero-order chi connectivity index (χ0) is 18.9. The van der Waals surface area contributed by atoms with Crippen LogP contribution in [0.3, 0.4) is 0 Å². The van der Waals surface area contributed by atoms with Crippen LogP contribution < -0.4 is 0 Å². The van der Waals surface area contributed by atoms with Gasteiger partial charge in [0.25, 0.3) is 10.1 Å². The fraction of sp³-hybridized carbons (Fsp3) is 0. The van der Waals surface area contributed by atoms with E-state index in [9.17, 15) is 22.9 Å². The fourth-order valence-corrected chi connectivity index (χ4v) is 3.03. The maximum Gasteiger partial charge on any atom is 0.335 e. The SMILES string of the molecule is O=C(O)c1ccc2c(N=Nc3ccccc3S(=O)(=O)O)c(O)ccc2c1. The van der Waals surface area contributed by atoms with Crippen LogP contribution in [0.1, 0.15) is 10.4 Å². The molecule has 0 atom stereocenters. The van der Waals surface area contributed by atoms with Gasteiger partial charge in [0.2, 0.25) is 0 Å². The number of benzene rings is 3. The number of rotatable bonds is 4. The summed E-state index contributed by atoms with van der Waals surface area (Å²) in [5.74, 6) is -1.31. The molecule has 0 heterocycles. The Morgan fingerprint density at radius 1 is 0.962 bits per heavy atom. The first kappa shape index (κ1) is 17.5. The van der Waals surface area contributed by atoms with Gasteiger partial charge in [-0.05, 0) is 35.7 Å². The molecule has 3 rings (SSSR count). The molecule has 0 fully saturated rings. The normalized spacial score (nSPS) is 11.9. The average molecular weight is 372 g/mol. The Kier molecular flexibility index (Phi) is 4.41. The van der Waals surface area contributed by atoms with Crippen LogP contribution in [-0.2, 0) is 10.1 Å². The van der Waals surface area contributed by atoms with E-state index < -0.39 is 21.0 Å². The minimum atomic E-state index is -4.49. The topological polar surface area (TPSA) is 137 Å². The number of phenolic OH excluding ortho intramolecular Hbond substituents is 1. The van der Waals surface area contributed by atoms with Gasteiger partial charge in [-0.1, -0.05) is 24.3 Å². The molecule has 0 unspecified atom stereocenters. The van der Waals surface area contributed by atoms with Crippen molar-refractivity contribution in [2.45, 2.75) is 4.90 Å². The molecule has 3 N–H and O–H groups in total. The Morgan fingerprint density at radius 2 is 1.69 bits per heavy atom. The second kappa shape index (κ2) is 6.54.